The molecule has 5 heteroatoms. The van der Waals surface area contributed by atoms with E-state index in [9.17, 15) is 9.59 Å². The Morgan fingerprint density at radius 1 is 0.897 bits per heavy atom. The molecule has 0 radical (unpaired) electrons. The zero-order valence-electron chi connectivity index (χ0n) is 15.8. The van der Waals surface area contributed by atoms with Crippen LogP contribution in [-0.2, 0) is 0 Å². The number of benzene rings is 3. The van der Waals surface area contributed by atoms with Gasteiger partial charge in [-0.05, 0) is 43.3 Å². The lowest BCUT2D eigenvalue weighted by Gasteiger charge is -2.08. The fraction of sp³-hybridized carbons (Fsp3) is 0.0833. The molecule has 0 aromatic heterocycles. The zero-order chi connectivity index (χ0) is 20.2. The van der Waals surface area contributed by atoms with Gasteiger partial charge in [0.25, 0.3) is 0 Å². The van der Waals surface area contributed by atoms with E-state index < -0.39 is 5.97 Å². The first-order valence-corrected chi connectivity index (χ1v) is 9.10. The highest BCUT2D eigenvalue weighted by Crippen LogP contribution is 2.33. The lowest BCUT2D eigenvalue weighted by Crippen LogP contribution is -2.09. The third kappa shape index (κ3) is 4.19. The molecule has 144 valence electrons. The monoisotopic (exact) mass is 386 g/mol. The van der Waals surface area contributed by atoms with E-state index in [-0.39, 0.29) is 12.6 Å². The molecule has 0 bridgehead atoms. The lowest BCUT2D eigenvalue weighted by atomic mass is 10.1. The molecule has 0 unspecified atom stereocenters. The van der Waals surface area contributed by atoms with Crippen LogP contribution in [0.15, 0.2) is 72.8 Å². The van der Waals surface area contributed by atoms with Crippen molar-refractivity contribution in [1.29, 1.82) is 0 Å². The molecule has 0 aliphatic carbocycles. The average molecular weight is 386 g/mol. The van der Waals surface area contributed by atoms with Gasteiger partial charge in [-0.15, -0.1) is 0 Å². The van der Waals surface area contributed by atoms with Gasteiger partial charge in [-0.25, -0.2) is 4.79 Å². The number of allylic oxidation sites excluding steroid dienone is 1. The molecular formula is C24H18O5. The average Bonchev–Trinajstić information content (AvgIpc) is 3.21. The first-order chi connectivity index (χ1) is 14.1. The summed E-state index contributed by atoms with van der Waals surface area (Å²) >= 11 is 0. The summed E-state index contributed by atoms with van der Waals surface area (Å²) in [6.45, 7) is 2.10. The minimum atomic E-state index is -0.519. The largest absolute Gasteiger partial charge is 0.454 e. The fourth-order valence-electron chi connectivity index (χ4n) is 2.87. The normalized spacial score (nSPS) is 12.2. The Bertz CT molecular complexity index is 1100. The molecule has 0 N–H and O–H groups in total. The number of hydrogen-bond acceptors (Lipinski definition) is 5. The summed E-state index contributed by atoms with van der Waals surface area (Å²) in [4.78, 5) is 24.9. The number of ketones is 1. The third-order valence-electron chi connectivity index (χ3n) is 4.48. The summed E-state index contributed by atoms with van der Waals surface area (Å²) in [5.41, 5.74) is 2.67. The molecule has 0 amide bonds. The molecule has 1 heterocycles. The van der Waals surface area contributed by atoms with E-state index in [0.717, 1.165) is 5.56 Å². The molecule has 1 aliphatic heterocycles. The second-order valence-corrected chi connectivity index (χ2v) is 6.56. The number of carbonyl (C=O) groups is 2. The van der Waals surface area contributed by atoms with Gasteiger partial charge in [-0.2, -0.15) is 0 Å². The van der Waals surface area contributed by atoms with Crippen molar-refractivity contribution in [2.75, 3.05) is 6.79 Å². The van der Waals surface area contributed by atoms with Gasteiger partial charge in [-0.3, -0.25) is 4.79 Å². The van der Waals surface area contributed by atoms with E-state index in [0.29, 0.717) is 33.9 Å². The van der Waals surface area contributed by atoms with Crippen LogP contribution in [0.25, 0.3) is 6.08 Å². The third-order valence-corrected chi connectivity index (χ3v) is 4.48. The Kier molecular flexibility index (Phi) is 5.12. The Morgan fingerprint density at radius 2 is 1.62 bits per heavy atom. The van der Waals surface area contributed by atoms with Crippen molar-refractivity contribution in [3.05, 3.63) is 95.1 Å². The molecule has 1 aliphatic rings. The topological polar surface area (TPSA) is 61.8 Å². The maximum atomic E-state index is 12.5. The zero-order valence-corrected chi connectivity index (χ0v) is 15.8. The van der Waals surface area contributed by atoms with E-state index in [1.54, 1.807) is 54.6 Å². The van der Waals surface area contributed by atoms with Gasteiger partial charge < -0.3 is 14.2 Å². The van der Waals surface area contributed by atoms with Gasteiger partial charge >= 0.3 is 5.97 Å². The van der Waals surface area contributed by atoms with Crippen LogP contribution < -0.4 is 14.2 Å². The number of hydrogen-bond donors (Lipinski definition) is 0. The molecule has 4 rings (SSSR count). The molecule has 3 aromatic carbocycles. The summed E-state index contributed by atoms with van der Waals surface area (Å²) in [5, 5.41) is 0. The number of aryl methyl sites for hydroxylation is 1. The second kappa shape index (κ2) is 8.02. The molecule has 0 spiro atoms. The van der Waals surface area contributed by atoms with Crippen LogP contribution in [0.2, 0.25) is 0 Å². The SMILES string of the molecule is Cc1ccc(C(=O)/C=C/c2ccccc2OC(=O)c2ccc3c(c2)OCO3)cc1. The maximum absolute atomic E-state index is 12.5. The Morgan fingerprint density at radius 3 is 2.45 bits per heavy atom. The fourth-order valence-corrected chi connectivity index (χ4v) is 2.87. The van der Waals surface area contributed by atoms with Crippen molar-refractivity contribution in [3.8, 4) is 17.2 Å². The van der Waals surface area contributed by atoms with Gasteiger partial charge in [0.1, 0.15) is 5.75 Å². The smallest absolute Gasteiger partial charge is 0.343 e. The van der Waals surface area contributed by atoms with E-state index in [4.69, 9.17) is 14.2 Å². The van der Waals surface area contributed by atoms with Crippen molar-refractivity contribution in [2.24, 2.45) is 0 Å². The number of carbonyl (C=O) groups excluding carboxylic acids is 2. The molecule has 5 nitrogen and oxygen atoms in total. The van der Waals surface area contributed by atoms with Crippen LogP contribution in [-0.4, -0.2) is 18.5 Å². The van der Waals surface area contributed by atoms with Gasteiger partial charge in [-0.1, -0.05) is 48.0 Å². The predicted molar refractivity (Wildman–Crippen MR) is 109 cm³/mol. The van der Waals surface area contributed by atoms with E-state index in [2.05, 4.69) is 0 Å². The number of fused-ring (bicyclic) bond motifs is 1. The quantitative estimate of drug-likeness (QED) is 0.272. The minimum absolute atomic E-state index is 0.123. The Hall–Kier alpha value is -3.86. The van der Waals surface area contributed by atoms with E-state index >= 15 is 0 Å². The summed E-state index contributed by atoms with van der Waals surface area (Å²) in [5.74, 6) is 0.829. The highest BCUT2D eigenvalue weighted by atomic mass is 16.7. The first kappa shape index (κ1) is 18.5. The number of rotatable bonds is 5. The number of ether oxygens (including phenoxy) is 3. The van der Waals surface area contributed by atoms with E-state index in [1.165, 1.54) is 6.08 Å². The van der Waals surface area contributed by atoms with Gasteiger partial charge in [0, 0.05) is 11.1 Å². The van der Waals surface area contributed by atoms with Crippen molar-refractivity contribution in [2.45, 2.75) is 6.92 Å². The Labute approximate surface area is 168 Å². The van der Waals surface area contributed by atoms with Crippen LogP contribution in [0.1, 0.15) is 31.8 Å². The van der Waals surface area contributed by atoms with Crippen molar-refractivity contribution in [3.63, 3.8) is 0 Å². The van der Waals surface area contributed by atoms with Gasteiger partial charge in [0.2, 0.25) is 6.79 Å². The second-order valence-electron chi connectivity index (χ2n) is 6.56. The highest BCUT2D eigenvalue weighted by molar-refractivity contribution is 6.07. The molecule has 0 saturated carbocycles. The molecule has 0 fully saturated rings. The van der Waals surface area contributed by atoms with Crippen LogP contribution in [0, 0.1) is 6.92 Å². The minimum Gasteiger partial charge on any atom is -0.454 e. The highest BCUT2D eigenvalue weighted by Gasteiger charge is 2.18. The maximum Gasteiger partial charge on any atom is 0.343 e. The van der Waals surface area contributed by atoms with Crippen LogP contribution in [0.4, 0.5) is 0 Å². The summed E-state index contributed by atoms with van der Waals surface area (Å²) in [6, 6.07) is 19.3. The van der Waals surface area contributed by atoms with Crippen LogP contribution in [0.3, 0.4) is 0 Å². The van der Waals surface area contributed by atoms with Crippen LogP contribution >= 0.6 is 0 Å². The molecule has 0 saturated heterocycles. The molecule has 3 aromatic rings. The number of para-hydroxylation sites is 1. The predicted octanol–water partition coefficient (Wildman–Crippen LogP) is 4.84. The molecule has 0 atom stereocenters. The number of esters is 1. The summed E-state index contributed by atoms with van der Waals surface area (Å²) in [7, 11) is 0. The molecule has 29 heavy (non-hydrogen) atoms. The summed E-state index contributed by atoms with van der Waals surface area (Å²) < 4.78 is 16.1. The first-order valence-electron chi connectivity index (χ1n) is 9.10. The van der Waals surface area contributed by atoms with Gasteiger partial charge in [0.15, 0.2) is 17.3 Å². The van der Waals surface area contributed by atoms with Crippen molar-refractivity contribution in [1.82, 2.24) is 0 Å². The van der Waals surface area contributed by atoms with E-state index in [1.807, 2.05) is 25.1 Å². The summed E-state index contributed by atoms with van der Waals surface area (Å²) in [6.07, 6.45) is 3.11. The van der Waals surface area contributed by atoms with Gasteiger partial charge in [0.05, 0.1) is 5.56 Å². The molecular weight excluding hydrogens is 368 g/mol. The lowest BCUT2D eigenvalue weighted by molar-refractivity contribution is 0.0733. The Balaban J connectivity index is 1.51. The standard InChI is InChI=1S/C24H18O5/c1-16-6-8-17(9-7-16)20(25)12-10-18-4-2-3-5-21(18)29-24(26)19-11-13-22-23(14-19)28-15-27-22/h2-14H,15H2,1H3/b12-10+. The van der Waals surface area contributed by atoms with Crippen molar-refractivity contribution < 1.29 is 23.8 Å². The van der Waals surface area contributed by atoms with Crippen molar-refractivity contribution >= 4 is 17.8 Å². The van der Waals surface area contributed by atoms with Crippen LogP contribution in [0.5, 0.6) is 17.2 Å².